The second kappa shape index (κ2) is 8.50. The van der Waals surface area contributed by atoms with Crippen molar-refractivity contribution >= 4 is 33.2 Å². The van der Waals surface area contributed by atoms with Crippen molar-refractivity contribution in [2.75, 3.05) is 25.5 Å². The van der Waals surface area contributed by atoms with Gasteiger partial charge in [-0.15, -0.1) is 0 Å². The molecule has 10 heteroatoms. The van der Waals surface area contributed by atoms with Crippen LogP contribution in [0.3, 0.4) is 0 Å². The number of anilines is 1. The van der Waals surface area contributed by atoms with E-state index in [9.17, 15) is 13.2 Å². The number of piperidine rings is 1. The first-order chi connectivity index (χ1) is 13.3. The summed E-state index contributed by atoms with van der Waals surface area (Å²) in [6, 6.07) is 4.96. The van der Waals surface area contributed by atoms with E-state index in [0.29, 0.717) is 42.4 Å². The average Bonchev–Trinajstić information content (AvgIpc) is 3.18. The molecule has 0 radical (unpaired) electrons. The number of methoxy groups -OCH3 is 1. The van der Waals surface area contributed by atoms with Gasteiger partial charge < -0.3 is 14.6 Å². The van der Waals surface area contributed by atoms with Gasteiger partial charge in [-0.3, -0.25) is 4.79 Å². The van der Waals surface area contributed by atoms with Crippen LogP contribution in [0.15, 0.2) is 35.7 Å². The monoisotopic (exact) mass is 426 g/mol. The molecule has 1 aliphatic rings. The van der Waals surface area contributed by atoms with Gasteiger partial charge in [-0.05, 0) is 38.0 Å². The average molecular weight is 427 g/mol. The highest BCUT2D eigenvalue weighted by Gasteiger charge is 2.34. The molecule has 1 saturated heterocycles. The summed E-state index contributed by atoms with van der Waals surface area (Å²) in [6.45, 7) is 3.04. The Balaban J connectivity index is 1.70. The number of carbonyl (C=O) groups is 1. The van der Waals surface area contributed by atoms with Gasteiger partial charge >= 0.3 is 0 Å². The molecule has 0 unspecified atom stereocenters. The van der Waals surface area contributed by atoms with Crippen molar-refractivity contribution in [2.45, 2.75) is 31.3 Å². The zero-order chi connectivity index (χ0) is 20.3. The Kier molecular flexibility index (Phi) is 6.26. The summed E-state index contributed by atoms with van der Waals surface area (Å²) in [7, 11) is -2.21. The molecular weight excluding hydrogens is 404 g/mol. The number of aromatic nitrogens is 2. The van der Waals surface area contributed by atoms with E-state index in [1.54, 1.807) is 22.8 Å². The third-order valence-corrected chi connectivity index (χ3v) is 6.80. The van der Waals surface area contributed by atoms with Crippen LogP contribution >= 0.6 is 11.6 Å². The van der Waals surface area contributed by atoms with Crippen molar-refractivity contribution in [3.8, 4) is 5.75 Å². The summed E-state index contributed by atoms with van der Waals surface area (Å²) >= 11 is 6.09. The van der Waals surface area contributed by atoms with Crippen molar-refractivity contribution in [1.82, 2.24) is 13.9 Å². The molecule has 8 nitrogen and oxygen atoms in total. The first-order valence-corrected chi connectivity index (χ1v) is 10.8. The lowest BCUT2D eigenvalue weighted by atomic mass is 9.98. The Labute approximate surface area is 169 Å². The quantitative estimate of drug-likeness (QED) is 0.766. The molecule has 1 aliphatic heterocycles. The fraction of sp³-hybridized carbons (Fsp3) is 0.444. The first kappa shape index (κ1) is 20.6. The lowest BCUT2D eigenvalue weighted by molar-refractivity contribution is -0.120. The van der Waals surface area contributed by atoms with E-state index in [2.05, 4.69) is 10.3 Å². The second-order valence-corrected chi connectivity index (χ2v) is 8.88. The van der Waals surface area contributed by atoms with Crippen LogP contribution < -0.4 is 10.1 Å². The third kappa shape index (κ3) is 4.31. The van der Waals surface area contributed by atoms with Crippen molar-refractivity contribution in [3.63, 3.8) is 0 Å². The molecule has 0 bridgehead atoms. The molecule has 1 amide bonds. The van der Waals surface area contributed by atoms with Gasteiger partial charge in [-0.25, -0.2) is 13.4 Å². The number of imidazole rings is 1. The maximum absolute atomic E-state index is 12.8. The summed E-state index contributed by atoms with van der Waals surface area (Å²) in [5.41, 5.74) is 0.539. The van der Waals surface area contributed by atoms with Gasteiger partial charge in [0.1, 0.15) is 5.75 Å². The van der Waals surface area contributed by atoms with Crippen molar-refractivity contribution in [1.29, 1.82) is 0 Å². The van der Waals surface area contributed by atoms with E-state index in [4.69, 9.17) is 16.3 Å². The molecule has 1 fully saturated rings. The minimum absolute atomic E-state index is 0.0114. The maximum atomic E-state index is 12.8. The van der Waals surface area contributed by atoms with Crippen LogP contribution in [0, 0.1) is 5.92 Å². The number of ether oxygens (including phenoxy) is 1. The van der Waals surface area contributed by atoms with Crippen molar-refractivity contribution < 1.29 is 17.9 Å². The molecular formula is C18H23ClN4O4S. The summed E-state index contributed by atoms with van der Waals surface area (Å²) in [4.78, 5) is 16.7. The molecule has 152 valence electrons. The van der Waals surface area contributed by atoms with E-state index in [0.717, 1.165) is 0 Å². The lowest BCUT2D eigenvalue weighted by Gasteiger charge is -2.30. The molecule has 0 saturated carbocycles. The standard InChI is InChI=1S/C18H23ClN4O4S/c1-3-22-11-17(20-12-22)28(25,26)23-8-4-5-13(10-23)18(24)21-14-6-7-16(27-2)15(19)9-14/h6-7,9,11-13H,3-5,8,10H2,1-2H3,(H,21,24)/t13-/m1/s1. The van der Waals surface area contributed by atoms with Gasteiger partial charge in [0.2, 0.25) is 5.91 Å². The van der Waals surface area contributed by atoms with E-state index < -0.39 is 15.9 Å². The smallest absolute Gasteiger partial charge is 0.262 e. The Morgan fingerprint density at radius 2 is 2.21 bits per heavy atom. The van der Waals surface area contributed by atoms with Gasteiger partial charge in [-0.1, -0.05) is 11.6 Å². The number of hydrogen-bond acceptors (Lipinski definition) is 5. The van der Waals surface area contributed by atoms with Crippen LogP contribution in [0.25, 0.3) is 0 Å². The Bertz CT molecular complexity index is 960. The number of rotatable bonds is 6. The Morgan fingerprint density at radius 3 is 2.86 bits per heavy atom. The van der Waals surface area contributed by atoms with E-state index in [1.807, 2.05) is 6.92 Å². The summed E-state index contributed by atoms with van der Waals surface area (Å²) in [6.07, 6.45) is 4.23. The minimum Gasteiger partial charge on any atom is -0.495 e. The topological polar surface area (TPSA) is 93.5 Å². The van der Waals surface area contributed by atoms with Crippen molar-refractivity contribution in [2.24, 2.45) is 5.92 Å². The second-order valence-electron chi connectivity index (χ2n) is 6.58. The van der Waals surface area contributed by atoms with Crippen LogP contribution in [0.4, 0.5) is 5.69 Å². The third-order valence-electron chi connectivity index (χ3n) is 4.75. The van der Waals surface area contributed by atoms with Crippen LogP contribution in [0.2, 0.25) is 5.02 Å². The number of halogens is 1. The fourth-order valence-corrected chi connectivity index (χ4v) is 4.86. The number of aryl methyl sites for hydroxylation is 1. The van der Waals surface area contributed by atoms with Crippen LogP contribution in [-0.2, 0) is 21.4 Å². The maximum Gasteiger partial charge on any atom is 0.262 e. The number of amides is 1. The van der Waals surface area contributed by atoms with Gasteiger partial charge in [0, 0.05) is 31.5 Å². The largest absolute Gasteiger partial charge is 0.495 e. The van der Waals surface area contributed by atoms with Gasteiger partial charge in [0.15, 0.2) is 5.03 Å². The molecule has 28 heavy (non-hydrogen) atoms. The van der Waals surface area contributed by atoms with Crippen molar-refractivity contribution in [3.05, 3.63) is 35.7 Å². The lowest BCUT2D eigenvalue weighted by Crippen LogP contribution is -2.43. The summed E-state index contributed by atoms with van der Waals surface area (Å²) in [5, 5.41) is 3.21. The zero-order valence-corrected chi connectivity index (χ0v) is 17.3. The number of nitrogens with one attached hydrogen (secondary N) is 1. The highest BCUT2D eigenvalue weighted by molar-refractivity contribution is 7.89. The van der Waals surface area contributed by atoms with E-state index >= 15 is 0 Å². The molecule has 3 rings (SSSR count). The van der Waals surface area contributed by atoms with Gasteiger partial charge in [0.05, 0.1) is 24.4 Å². The summed E-state index contributed by atoms with van der Waals surface area (Å²) < 4.78 is 33.8. The van der Waals surface area contributed by atoms with Crippen LogP contribution in [0.5, 0.6) is 5.75 Å². The van der Waals surface area contributed by atoms with E-state index in [-0.39, 0.29) is 17.5 Å². The predicted octanol–water partition coefficient (Wildman–Crippen LogP) is 2.60. The first-order valence-electron chi connectivity index (χ1n) is 9.01. The van der Waals surface area contributed by atoms with Crippen LogP contribution in [-0.4, -0.2) is 48.4 Å². The number of nitrogens with zero attached hydrogens (tertiary/aromatic N) is 3. The van der Waals surface area contributed by atoms with Gasteiger partial charge in [-0.2, -0.15) is 4.31 Å². The number of sulfonamides is 1. The number of hydrogen-bond donors (Lipinski definition) is 1. The molecule has 2 aromatic rings. The Hall–Kier alpha value is -2.10. The Morgan fingerprint density at radius 1 is 1.43 bits per heavy atom. The molecule has 2 heterocycles. The highest BCUT2D eigenvalue weighted by Crippen LogP contribution is 2.28. The number of carbonyl (C=O) groups excluding carboxylic acids is 1. The normalized spacial score (nSPS) is 18.0. The van der Waals surface area contributed by atoms with Gasteiger partial charge in [0.25, 0.3) is 10.0 Å². The molecule has 1 atom stereocenters. The molecule has 1 aromatic heterocycles. The number of benzene rings is 1. The predicted molar refractivity (Wildman–Crippen MR) is 106 cm³/mol. The van der Waals surface area contributed by atoms with E-state index in [1.165, 1.54) is 23.9 Å². The molecule has 0 aliphatic carbocycles. The van der Waals surface area contributed by atoms with Crippen LogP contribution in [0.1, 0.15) is 19.8 Å². The summed E-state index contributed by atoms with van der Waals surface area (Å²) in [5.74, 6) is -0.168. The highest BCUT2D eigenvalue weighted by atomic mass is 35.5. The molecule has 1 N–H and O–H groups in total. The zero-order valence-electron chi connectivity index (χ0n) is 15.8. The molecule has 0 spiro atoms. The minimum atomic E-state index is -3.72. The molecule has 1 aromatic carbocycles. The SMILES string of the molecule is CCn1cnc(S(=O)(=O)N2CCC[C@@H](C(=O)Nc3ccc(OC)c(Cl)c3)C2)c1. The fourth-order valence-electron chi connectivity index (χ4n) is 3.14.